The number of anilines is 1. The van der Waals surface area contributed by atoms with Crippen LogP contribution in [0.25, 0.3) is 11.0 Å². The Morgan fingerprint density at radius 2 is 1.76 bits per heavy atom. The molecule has 298 valence electrons. The number of imidazole rings is 1. The number of aromatic amines is 1. The van der Waals surface area contributed by atoms with Crippen LogP contribution in [0.2, 0.25) is 0 Å². The van der Waals surface area contributed by atoms with E-state index in [4.69, 9.17) is 25.8 Å². The number of benzene rings is 1. The molecule has 0 saturated carbocycles. The van der Waals surface area contributed by atoms with Crippen LogP contribution >= 0.6 is 0 Å². The number of carbonyl (C=O) groups excluding carboxylic acids is 3. The summed E-state index contributed by atoms with van der Waals surface area (Å²) in [6, 6.07) is 9.36. The van der Waals surface area contributed by atoms with Gasteiger partial charge in [-0.1, -0.05) is 37.6 Å². The maximum atomic E-state index is 13.0. The number of likely N-dealkylation sites (tertiary alicyclic amines) is 1. The molecule has 0 aliphatic carbocycles. The number of nitrogens with zero attached hydrogens (tertiary/aromatic N) is 3. The molecule has 0 radical (unpaired) electrons. The van der Waals surface area contributed by atoms with E-state index in [0.717, 1.165) is 63.7 Å². The quantitative estimate of drug-likeness (QED) is 0.0726. The lowest BCUT2D eigenvalue weighted by Crippen LogP contribution is -2.48. The summed E-state index contributed by atoms with van der Waals surface area (Å²) in [6.07, 6.45) is 5.86. The van der Waals surface area contributed by atoms with Crippen molar-refractivity contribution in [2.45, 2.75) is 104 Å². The lowest BCUT2D eigenvalue weighted by Gasteiger charge is -2.32. The van der Waals surface area contributed by atoms with E-state index in [1.165, 1.54) is 5.56 Å². The average Bonchev–Trinajstić information content (AvgIpc) is 3.43. The Morgan fingerprint density at radius 1 is 1.06 bits per heavy atom. The van der Waals surface area contributed by atoms with Crippen molar-refractivity contribution in [2.75, 3.05) is 45.1 Å². The number of pyridine rings is 1. The first-order valence-corrected chi connectivity index (χ1v) is 19.0. The van der Waals surface area contributed by atoms with Crippen LogP contribution in [0.1, 0.15) is 90.2 Å². The smallest absolute Gasteiger partial charge is 0.431 e. The molecule has 1 aromatic carbocycles. The van der Waals surface area contributed by atoms with Gasteiger partial charge in [-0.25, -0.2) is 9.59 Å². The second-order valence-corrected chi connectivity index (χ2v) is 14.9. The lowest BCUT2D eigenvalue weighted by atomic mass is 9.93. The van der Waals surface area contributed by atoms with E-state index in [1.807, 2.05) is 0 Å². The summed E-state index contributed by atoms with van der Waals surface area (Å²) < 4.78 is 12.5. The van der Waals surface area contributed by atoms with E-state index in [9.17, 15) is 19.2 Å². The molecule has 1 saturated heterocycles. The number of ether oxygens (including phenoxy) is 2. The van der Waals surface area contributed by atoms with E-state index in [-0.39, 0.29) is 17.4 Å². The van der Waals surface area contributed by atoms with Crippen molar-refractivity contribution in [1.82, 2.24) is 35.5 Å². The number of hydrogen-bond acceptors (Lipinski definition) is 11. The minimum Gasteiger partial charge on any atom is -0.478 e. The van der Waals surface area contributed by atoms with Gasteiger partial charge in [0.1, 0.15) is 17.2 Å². The molecule has 0 unspecified atom stereocenters. The Hall–Kier alpha value is -4.67. The number of nitrogens with two attached hydrogens (primary N) is 2. The Kier molecular flexibility index (Phi) is 16.1. The van der Waals surface area contributed by atoms with Crippen LogP contribution in [-0.2, 0) is 32.3 Å². The molecule has 16 nitrogen and oxygen atoms in total. The molecule has 0 spiro atoms. The van der Waals surface area contributed by atoms with E-state index in [0.29, 0.717) is 61.9 Å². The van der Waals surface area contributed by atoms with Gasteiger partial charge in [0.25, 0.3) is 0 Å². The lowest BCUT2D eigenvalue weighted by molar-refractivity contribution is -0.133. The molecule has 8 N–H and O–H groups in total. The summed E-state index contributed by atoms with van der Waals surface area (Å²) in [4.78, 5) is 64.6. The maximum Gasteiger partial charge on any atom is 0.431 e. The molecule has 3 aromatic rings. The molecule has 1 atom stereocenters. The number of fused-ring (bicyclic) bond motifs is 1. The molecular formula is C38H59N9O7. The van der Waals surface area contributed by atoms with E-state index >= 15 is 0 Å². The highest BCUT2D eigenvalue weighted by Gasteiger charge is 2.23. The zero-order valence-corrected chi connectivity index (χ0v) is 32.2. The number of aromatic nitrogens is 3. The number of amides is 3. The third kappa shape index (κ3) is 13.6. The Bertz CT molecular complexity index is 1710. The number of rotatable bonds is 20. The number of unbranched alkanes of at least 4 members (excludes halogenated alkanes) is 2. The predicted molar refractivity (Wildman–Crippen MR) is 206 cm³/mol. The zero-order valence-electron chi connectivity index (χ0n) is 32.2. The van der Waals surface area contributed by atoms with E-state index in [1.54, 1.807) is 31.4 Å². The van der Waals surface area contributed by atoms with E-state index in [2.05, 4.69) is 62.2 Å². The Morgan fingerprint density at radius 3 is 2.43 bits per heavy atom. The maximum absolute atomic E-state index is 13.0. The van der Waals surface area contributed by atoms with Gasteiger partial charge in [0, 0.05) is 19.2 Å². The van der Waals surface area contributed by atoms with Gasteiger partial charge >= 0.3 is 11.8 Å². The first kappa shape index (κ1) is 42.1. The topological polar surface area (TPSA) is 221 Å². The summed E-state index contributed by atoms with van der Waals surface area (Å²) in [6.45, 7) is 11.5. The summed E-state index contributed by atoms with van der Waals surface area (Å²) in [5, 5.41) is 5.70. The minimum atomic E-state index is -0.807. The number of hydrogen-bond donors (Lipinski definition) is 6. The van der Waals surface area contributed by atoms with Crippen molar-refractivity contribution in [3.05, 3.63) is 51.9 Å². The van der Waals surface area contributed by atoms with Crippen LogP contribution in [0.4, 0.5) is 10.6 Å². The second kappa shape index (κ2) is 20.7. The molecule has 1 aliphatic heterocycles. The van der Waals surface area contributed by atoms with E-state index < -0.39 is 30.3 Å². The van der Waals surface area contributed by atoms with Crippen LogP contribution in [-0.4, -0.2) is 88.4 Å². The minimum absolute atomic E-state index is 0.238. The molecule has 3 heterocycles. The van der Waals surface area contributed by atoms with Crippen molar-refractivity contribution in [3.8, 4) is 5.88 Å². The van der Waals surface area contributed by atoms with Crippen LogP contribution in [0.3, 0.4) is 0 Å². The fourth-order valence-corrected chi connectivity index (χ4v) is 6.31. The van der Waals surface area contributed by atoms with Crippen molar-refractivity contribution in [2.24, 2.45) is 11.7 Å². The Balaban J connectivity index is 1.19. The van der Waals surface area contributed by atoms with Gasteiger partial charge < -0.3 is 36.6 Å². The summed E-state index contributed by atoms with van der Waals surface area (Å²) >= 11 is 0. The number of hydroxylamine groups is 1. The number of piperidine rings is 1. The fourth-order valence-electron chi connectivity index (χ4n) is 6.31. The third-order valence-electron chi connectivity index (χ3n) is 9.20. The summed E-state index contributed by atoms with van der Waals surface area (Å²) in [5.74, 6) is 0.350. The van der Waals surface area contributed by atoms with Gasteiger partial charge in [0.15, 0.2) is 12.4 Å². The zero-order chi connectivity index (χ0) is 39.1. The average molecular weight is 754 g/mol. The van der Waals surface area contributed by atoms with Gasteiger partial charge in [-0.05, 0) is 102 Å². The highest BCUT2D eigenvalue weighted by Crippen LogP contribution is 2.24. The highest BCUT2D eigenvalue weighted by molar-refractivity contribution is 5.88. The van der Waals surface area contributed by atoms with Gasteiger partial charge in [0.05, 0.1) is 18.7 Å². The number of carbonyl (C=O) groups is 3. The standard InChI is InChI=1S/C38H59N9O7/c1-5-6-21-52-32-22-30-33(34(40)43-32)44-36(50)47(30)24-28-12-10-27(11-13-28)23-46-19-15-26(16-20-46)14-18-41-35(49)29(9-7-8-17-39)42-31(48)25-53-45-37(51)54-38(2,3)4/h10-13,22,26,29H,5-9,14-21,23-25,39H2,1-4H3,(H2,40,43)(H,41,49)(H,42,48)(H,44,50)(H,45,51)/t29-/m0/s1. The van der Waals surface area contributed by atoms with Crippen molar-refractivity contribution in [3.63, 3.8) is 0 Å². The first-order chi connectivity index (χ1) is 25.8. The predicted octanol–water partition coefficient (Wildman–Crippen LogP) is 3.32. The molecular weight excluding hydrogens is 694 g/mol. The molecule has 54 heavy (non-hydrogen) atoms. The number of nitrogens with one attached hydrogen (secondary N) is 4. The largest absolute Gasteiger partial charge is 0.478 e. The molecule has 4 rings (SSSR count). The van der Waals surface area contributed by atoms with Crippen LogP contribution in [0.5, 0.6) is 5.88 Å². The van der Waals surface area contributed by atoms with Gasteiger partial charge in [0.2, 0.25) is 17.7 Å². The molecule has 3 amide bonds. The van der Waals surface area contributed by atoms with Gasteiger partial charge in [-0.15, -0.1) is 0 Å². The molecule has 0 bridgehead atoms. The highest BCUT2D eigenvalue weighted by atomic mass is 16.7. The van der Waals surface area contributed by atoms with Gasteiger partial charge in [-0.3, -0.25) is 23.9 Å². The van der Waals surface area contributed by atoms with Crippen LogP contribution in [0, 0.1) is 5.92 Å². The summed E-state index contributed by atoms with van der Waals surface area (Å²) in [5.41, 5.74) is 16.3. The fraction of sp³-hybridized carbons (Fsp3) is 0.605. The summed E-state index contributed by atoms with van der Waals surface area (Å²) in [7, 11) is 0. The van der Waals surface area contributed by atoms with Crippen LogP contribution < -0.4 is 38.0 Å². The monoisotopic (exact) mass is 753 g/mol. The first-order valence-electron chi connectivity index (χ1n) is 19.0. The molecule has 1 aliphatic rings. The molecule has 2 aromatic heterocycles. The van der Waals surface area contributed by atoms with Crippen molar-refractivity contribution < 1.29 is 28.7 Å². The van der Waals surface area contributed by atoms with Crippen molar-refractivity contribution in [1.29, 1.82) is 0 Å². The third-order valence-corrected chi connectivity index (χ3v) is 9.20. The van der Waals surface area contributed by atoms with Crippen LogP contribution in [0.15, 0.2) is 35.1 Å². The molecule has 1 fully saturated rings. The Labute approximate surface area is 317 Å². The van der Waals surface area contributed by atoms with Gasteiger partial charge in [-0.2, -0.15) is 10.5 Å². The molecule has 16 heteroatoms. The second-order valence-electron chi connectivity index (χ2n) is 14.9. The number of nitrogen functional groups attached to an aromatic ring is 1. The number of H-pyrrole nitrogens is 1. The van der Waals surface area contributed by atoms with Crippen molar-refractivity contribution >= 4 is 34.8 Å². The SMILES string of the molecule is CCCCOc1cc2c([nH]c(=O)n2Cc2ccc(CN3CCC(CCNC(=O)[C@H](CCCCN)NC(=O)CONC(=O)OC(C)(C)C)CC3)cc2)c(N)n1. The normalized spacial score (nSPS) is 14.5.